The summed E-state index contributed by atoms with van der Waals surface area (Å²) in [5.74, 6) is -0.646. The third-order valence-corrected chi connectivity index (χ3v) is 5.80. The normalized spacial score (nSPS) is 13.6. The van der Waals surface area contributed by atoms with E-state index in [-0.39, 0.29) is 12.3 Å². The Bertz CT molecular complexity index is 672. The minimum atomic E-state index is -4.44. The summed E-state index contributed by atoms with van der Waals surface area (Å²) >= 11 is 0. The smallest absolute Gasteiger partial charge is 0.422 e. The fourth-order valence-corrected chi connectivity index (χ4v) is 3.00. The van der Waals surface area contributed by atoms with Gasteiger partial charge in [0.05, 0.1) is 5.25 Å². The van der Waals surface area contributed by atoms with Gasteiger partial charge in [0.15, 0.2) is 16.4 Å². The summed E-state index contributed by atoms with van der Waals surface area (Å²) in [4.78, 5) is 11.9. The molecule has 1 unspecified atom stereocenters. The lowest BCUT2D eigenvalue weighted by atomic mass is 10.2. The Morgan fingerprint density at radius 3 is 2.42 bits per heavy atom. The highest BCUT2D eigenvalue weighted by Crippen LogP contribution is 2.19. The number of ether oxygens (including phenoxy) is 1. The van der Waals surface area contributed by atoms with E-state index in [0.29, 0.717) is 5.56 Å². The lowest BCUT2D eigenvalue weighted by molar-refractivity contribution is -0.153. The second kappa shape index (κ2) is 7.87. The molecule has 1 N–H and O–H groups in total. The summed E-state index contributed by atoms with van der Waals surface area (Å²) in [5.41, 5.74) is 0.497. The zero-order valence-corrected chi connectivity index (χ0v) is 14.4. The van der Waals surface area contributed by atoms with E-state index >= 15 is 0 Å². The number of benzene rings is 1. The number of amides is 1. The molecule has 0 fully saturated rings. The van der Waals surface area contributed by atoms with Crippen LogP contribution in [0.4, 0.5) is 13.2 Å². The van der Waals surface area contributed by atoms with E-state index in [1.54, 1.807) is 6.07 Å². The maximum absolute atomic E-state index is 12.1. The second-order valence-corrected chi connectivity index (χ2v) is 8.38. The summed E-state index contributed by atoms with van der Waals surface area (Å²) in [6, 6.07) is 5.79. The minimum Gasteiger partial charge on any atom is -0.484 e. The van der Waals surface area contributed by atoms with Crippen molar-refractivity contribution in [2.75, 3.05) is 6.61 Å². The van der Waals surface area contributed by atoms with Gasteiger partial charge in [0.1, 0.15) is 11.0 Å². The first-order valence-corrected chi connectivity index (χ1v) is 8.83. The lowest BCUT2D eigenvalue weighted by Crippen LogP contribution is -2.40. The quantitative estimate of drug-likeness (QED) is 0.804. The topological polar surface area (TPSA) is 72.5 Å². The van der Waals surface area contributed by atoms with Crippen molar-refractivity contribution in [1.29, 1.82) is 0 Å². The third-order valence-electron chi connectivity index (χ3n) is 3.29. The molecule has 0 radical (unpaired) electrons. The zero-order chi connectivity index (χ0) is 18.5. The molecular weight excluding hydrogens is 347 g/mol. The van der Waals surface area contributed by atoms with Crippen LogP contribution in [0.2, 0.25) is 0 Å². The molecule has 0 saturated carbocycles. The predicted octanol–water partition coefficient (Wildman–Crippen LogP) is 2.46. The maximum atomic E-state index is 12.1. The Hall–Kier alpha value is -1.77. The molecule has 0 aromatic heterocycles. The minimum absolute atomic E-state index is 0.0139. The Labute approximate surface area is 139 Å². The molecule has 0 heterocycles. The van der Waals surface area contributed by atoms with Crippen molar-refractivity contribution in [3.63, 3.8) is 0 Å². The van der Waals surface area contributed by atoms with E-state index in [2.05, 4.69) is 10.1 Å². The Kier molecular flexibility index (Phi) is 6.65. The molecule has 0 saturated heterocycles. The fourth-order valence-electron chi connectivity index (χ4n) is 1.80. The van der Waals surface area contributed by atoms with Gasteiger partial charge < -0.3 is 10.1 Å². The monoisotopic (exact) mass is 367 g/mol. The van der Waals surface area contributed by atoms with Crippen LogP contribution in [0.3, 0.4) is 0 Å². The number of rotatable bonds is 7. The highest BCUT2D eigenvalue weighted by Gasteiger charge is 2.30. The molecule has 0 aliphatic carbocycles. The van der Waals surface area contributed by atoms with Gasteiger partial charge in [0, 0.05) is 6.54 Å². The van der Waals surface area contributed by atoms with Crippen LogP contribution in [-0.2, 0) is 21.2 Å². The van der Waals surface area contributed by atoms with Crippen molar-refractivity contribution in [2.24, 2.45) is 0 Å². The van der Waals surface area contributed by atoms with Crippen LogP contribution in [0.5, 0.6) is 5.75 Å². The number of nitrogens with one attached hydrogen (secondary N) is 1. The van der Waals surface area contributed by atoms with E-state index in [9.17, 15) is 26.4 Å². The summed E-state index contributed by atoms with van der Waals surface area (Å²) < 4.78 is 64.8. The van der Waals surface area contributed by atoms with E-state index in [1.165, 1.54) is 39.0 Å². The molecule has 1 atom stereocenters. The molecule has 1 aromatic rings. The number of halogens is 3. The molecule has 1 aromatic carbocycles. The maximum Gasteiger partial charge on any atom is 0.422 e. The van der Waals surface area contributed by atoms with Crippen molar-refractivity contribution >= 4 is 15.7 Å². The van der Waals surface area contributed by atoms with Crippen molar-refractivity contribution < 1.29 is 31.1 Å². The molecule has 5 nitrogen and oxygen atoms in total. The van der Waals surface area contributed by atoms with Crippen LogP contribution in [0.1, 0.15) is 26.3 Å². The highest BCUT2D eigenvalue weighted by molar-refractivity contribution is 7.93. The van der Waals surface area contributed by atoms with Gasteiger partial charge in [-0.2, -0.15) is 13.2 Å². The number of carbonyl (C=O) groups is 1. The van der Waals surface area contributed by atoms with Gasteiger partial charge in [0.25, 0.3) is 0 Å². The SMILES string of the molecule is CC(C)S(=O)(=O)C(C)C(=O)NCc1cccc(OCC(F)(F)F)c1. The van der Waals surface area contributed by atoms with E-state index < -0.39 is 39.0 Å². The highest BCUT2D eigenvalue weighted by atomic mass is 32.2. The average molecular weight is 367 g/mol. The number of hydrogen-bond acceptors (Lipinski definition) is 4. The molecule has 0 spiro atoms. The standard InChI is InChI=1S/C15H20F3NO4S/c1-10(2)24(21,22)11(3)14(20)19-8-12-5-4-6-13(7-12)23-9-15(16,17)18/h4-7,10-11H,8-9H2,1-3H3,(H,19,20). The molecule has 0 bridgehead atoms. The summed E-state index contributed by atoms with van der Waals surface area (Å²) in [6.07, 6.45) is -4.44. The van der Waals surface area contributed by atoms with Gasteiger partial charge in [-0.3, -0.25) is 4.79 Å². The van der Waals surface area contributed by atoms with Crippen molar-refractivity contribution in [3.05, 3.63) is 29.8 Å². The largest absolute Gasteiger partial charge is 0.484 e. The van der Waals surface area contributed by atoms with Crippen LogP contribution in [0, 0.1) is 0 Å². The van der Waals surface area contributed by atoms with Crippen LogP contribution in [-0.4, -0.2) is 37.6 Å². The molecule has 1 amide bonds. The number of carbonyl (C=O) groups excluding carboxylic acids is 1. The van der Waals surface area contributed by atoms with E-state index in [0.717, 1.165) is 0 Å². The van der Waals surface area contributed by atoms with Gasteiger partial charge in [-0.15, -0.1) is 0 Å². The van der Waals surface area contributed by atoms with Gasteiger partial charge in [-0.25, -0.2) is 8.42 Å². The number of sulfone groups is 1. The van der Waals surface area contributed by atoms with E-state index in [1.807, 2.05) is 0 Å². The molecule has 24 heavy (non-hydrogen) atoms. The molecule has 1 rings (SSSR count). The summed E-state index contributed by atoms with van der Waals surface area (Å²) in [7, 11) is -3.58. The predicted molar refractivity (Wildman–Crippen MR) is 83.4 cm³/mol. The molecule has 0 aliphatic heterocycles. The summed E-state index contributed by atoms with van der Waals surface area (Å²) in [6.45, 7) is 2.85. The van der Waals surface area contributed by atoms with Gasteiger partial charge in [-0.05, 0) is 38.5 Å². The van der Waals surface area contributed by atoms with Crippen molar-refractivity contribution in [1.82, 2.24) is 5.32 Å². The Morgan fingerprint density at radius 2 is 1.88 bits per heavy atom. The van der Waals surface area contributed by atoms with Crippen LogP contribution in [0.25, 0.3) is 0 Å². The Balaban J connectivity index is 2.66. The first-order valence-electron chi connectivity index (χ1n) is 7.22. The van der Waals surface area contributed by atoms with Gasteiger partial charge in [0.2, 0.25) is 5.91 Å². The second-order valence-electron chi connectivity index (χ2n) is 5.55. The molecule has 136 valence electrons. The van der Waals surface area contributed by atoms with E-state index in [4.69, 9.17) is 0 Å². The molecule has 9 heteroatoms. The average Bonchev–Trinajstić information content (AvgIpc) is 2.49. The van der Waals surface area contributed by atoms with Crippen molar-refractivity contribution in [2.45, 2.75) is 44.0 Å². The first-order chi connectivity index (χ1) is 10.9. The van der Waals surface area contributed by atoms with Gasteiger partial charge >= 0.3 is 6.18 Å². The first kappa shape index (κ1) is 20.3. The number of hydrogen-bond donors (Lipinski definition) is 1. The Morgan fingerprint density at radius 1 is 1.25 bits per heavy atom. The zero-order valence-electron chi connectivity index (χ0n) is 13.6. The number of alkyl halides is 3. The fraction of sp³-hybridized carbons (Fsp3) is 0.533. The van der Waals surface area contributed by atoms with Crippen molar-refractivity contribution in [3.8, 4) is 5.75 Å². The summed E-state index contributed by atoms with van der Waals surface area (Å²) in [5, 5.41) is 0.574. The lowest BCUT2D eigenvalue weighted by Gasteiger charge is -2.16. The molecule has 0 aliphatic rings. The third kappa shape index (κ3) is 6.03. The van der Waals surface area contributed by atoms with Crippen LogP contribution in [0.15, 0.2) is 24.3 Å². The van der Waals surface area contributed by atoms with Crippen LogP contribution >= 0.6 is 0 Å². The molecular formula is C15H20F3NO4S. The van der Waals surface area contributed by atoms with Crippen LogP contribution < -0.4 is 10.1 Å². The van der Waals surface area contributed by atoms with Gasteiger partial charge in [-0.1, -0.05) is 12.1 Å².